The molecule has 1 atom stereocenters. The molecule has 0 saturated carbocycles. The lowest BCUT2D eigenvalue weighted by atomic mass is 10.0. The number of pyridine rings is 1. The lowest BCUT2D eigenvalue weighted by Crippen LogP contribution is -1.94. The molecule has 0 amide bonds. The minimum absolute atomic E-state index is 0.166. The topological polar surface area (TPSA) is 83.2 Å². The highest BCUT2D eigenvalue weighted by atomic mass is 31.1. The van der Waals surface area contributed by atoms with Gasteiger partial charge in [0.1, 0.15) is 18.4 Å². The average Bonchev–Trinajstić information content (AvgIpc) is 2.37. The summed E-state index contributed by atoms with van der Waals surface area (Å²) in [7, 11) is -2.56. The lowest BCUT2D eigenvalue weighted by Gasteiger charge is -2.02. The van der Waals surface area contributed by atoms with E-state index in [1.807, 2.05) is 30.3 Å². The van der Waals surface area contributed by atoms with E-state index in [0.717, 1.165) is 16.3 Å². The van der Waals surface area contributed by atoms with E-state index in [0.29, 0.717) is 12.1 Å². The minimum Gasteiger partial charge on any atom is -0.245 e. The van der Waals surface area contributed by atoms with E-state index in [9.17, 15) is 4.57 Å². The van der Waals surface area contributed by atoms with E-state index in [1.165, 1.54) is 0 Å². The van der Waals surface area contributed by atoms with E-state index in [-0.39, 0.29) is 6.61 Å². The highest BCUT2D eigenvalue weighted by molar-refractivity contribution is 7.32. The monoisotopic (exact) mass is 261 g/mol. The molecule has 1 heterocycles. The molecule has 0 spiro atoms. The highest BCUT2D eigenvalue weighted by Crippen LogP contribution is 2.20. The van der Waals surface area contributed by atoms with Crippen molar-refractivity contribution in [3.8, 4) is 6.07 Å². The Morgan fingerprint density at radius 1 is 1.44 bits per heavy atom. The summed E-state index contributed by atoms with van der Waals surface area (Å²) in [5, 5.41) is 10.7. The van der Waals surface area contributed by atoms with Gasteiger partial charge < -0.3 is 0 Å². The number of hydrogen-bond acceptors (Lipinski definition) is 4. The van der Waals surface area contributed by atoms with Gasteiger partial charge in [-0.25, -0.2) is 4.98 Å². The predicted molar refractivity (Wildman–Crippen MR) is 65.9 cm³/mol. The fraction of sp³-hybridized carbons (Fsp3) is 0.167. The van der Waals surface area contributed by atoms with Crippen molar-refractivity contribution >= 4 is 19.0 Å². The van der Waals surface area contributed by atoms with Gasteiger partial charge in [-0.05, 0) is 23.1 Å². The molecule has 0 aliphatic carbocycles. The van der Waals surface area contributed by atoms with E-state index in [1.54, 1.807) is 6.20 Å². The minimum atomic E-state index is -2.56. The molecular formula is C12H10N2O3P+. The zero-order chi connectivity index (χ0) is 13.0. The van der Waals surface area contributed by atoms with Crippen LogP contribution in [0.4, 0.5) is 0 Å². The number of nitriles is 1. The third kappa shape index (κ3) is 2.88. The van der Waals surface area contributed by atoms with E-state index in [2.05, 4.69) is 9.51 Å². The maximum atomic E-state index is 10.4. The summed E-state index contributed by atoms with van der Waals surface area (Å²) < 4.78 is 15.0. The number of hydrogen-bond donors (Lipinski definition) is 1. The van der Waals surface area contributed by atoms with Crippen molar-refractivity contribution < 1.29 is 14.0 Å². The van der Waals surface area contributed by atoms with Crippen molar-refractivity contribution in [2.75, 3.05) is 6.61 Å². The summed E-state index contributed by atoms with van der Waals surface area (Å²) in [6.45, 7) is 0.166. The molecule has 90 valence electrons. The van der Waals surface area contributed by atoms with Gasteiger partial charge in [-0.1, -0.05) is 12.1 Å². The Labute approximate surface area is 105 Å². The van der Waals surface area contributed by atoms with Crippen LogP contribution >= 0.6 is 8.25 Å². The van der Waals surface area contributed by atoms with Gasteiger partial charge in [0.2, 0.25) is 0 Å². The summed E-state index contributed by atoms with van der Waals surface area (Å²) in [6, 6.07) is 9.53. The van der Waals surface area contributed by atoms with Crippen LogP contribution < -0.4 is 0 Å². The van der Waals surface area contributed by atoms with Crippen LogP contribution in [-0.4, -0.2) is 16.5 Å². The van der Waals surface area contributed by atoms with Crippen LogP contribution in [-0.2, 0) is 15.5 Å². The number of rotatable bonds is 4. The zero-order valence-electron chi connectivity index (χ0n) is 9.41. The molecule has 5 nitrogen and oxygen atoms in total. The number of aromatic nitrogens is 1. The second-order valence-electron chi connectivity index (χ2n) is 3.65. The second-order valence-corrected chi connectivity index (χ2v) is 4.38. The van der Waals surface area contributed by atoms with Gasteiger partial charge >= 0.3 is 8.25 Å². The van der Waals surface area contributed by atoms with Crippen LogP contribution in [0.5, 0.6) is 0 Å². The summed E-state index contributed by atoms with van der Waals surface area (Å²) in [4.78, 5) is 12.5. The average molecular weight is 261 g/mol. The van der Waals surface area contributed by atoms with Gasteiger partial charge in [0.05, 0.1) is 0 Å². The Hall–Kier alpha value is -1.86. The van der Waals surface area contributed by atoms with Gasteiger partial charge in [-0.3, -0.25) is 0 Å². The molecule has 0 saturated heterocycles. The number of nitrogens with zero attached hydrogens (tertiary/aromatic N) is 2. The normalized spacial score (nSPS) is 11.2. The SMILES string of the molecule is N#Cc1nccc2ccc(CCO[P+](=O)O)cc12. The molecular weight excluding hydrogens is 251 g/mol. The van der Waals surface area contributed by atoms with Crippen LogP contribution in [0.25, 0.3) is 10.8 Å². The van der Waals surface area contributed by atoms with E-state index >= 15 is 0 Å². The Kier molecular flexibility index (Phi) is 3.96. The molecule has 2 aromatic rings. The van der Waals surface area contributed by atoms with Crippen molar-refractivity contribution in [3.63, 3.8) is 0 Å². The van der Waals surface area contributed by atoms with Gasteiger partial charge in [-0.15, -0.1) is 9.42 Å². The Bertz CT molecular complexity index is 637. The Morgan fingerprint density at radius 2 is 2.28 bits per heavy atom. The number of benzene rings is 1. The second kappa shape index (κ2) is 5.65. The summed E-state index contributed by atoms with van der Waals surface area (Å²) in [5.41, 5.74) is 1.31. The molecule has 6 heteroatoms. The Morgan fingerprint density at radius 3 is 3.00 bits per heavy atom. The van der Waals surface area contributed by atoms with Crippen LogP contribution in [0.3, 0.4) is 0 Å². The quantitative estimate of drug-likeness (QED) is 0.854. The van der Waals surface area contributed by atoms with Crippen molar-refractivity contribution in [1.82, 2.24) is 4.98 Å². The van der Waals surface area contributed by atoms with Gasteiger partial charge in [0.25, 0.3) is 0 Å². The summed E-state index contributed by atoms with van der Waals surface area (Å²) >= 11 is 0. The lowest BCUT2D eigenvalue weighted by molar-refractivity contribution is 0.285. The maximum Gasteiger partial charge on any atom is 0.694 e. The molecule has 0 aliphatic heterocycles. The zero-order valence-corrected chi connectivity index (χ0v) is 10.3. The van der Waals surface area contributed by atoms with Crippen LogP contribution in [0.15, 0.2) is 30.5 Å². The summed E-state index contributed by atoms with van der Waals surface area (Å²) in [5.74, 6) is 0. The molecule has 1 aromatic carbocycles. The first-order chi connectivity index (χ1) is 8.70. The van der Waals surface area contributed by atoms with Gasteiger partial charge in [0.15, 0.2) is 0 Å². The molecule has 0 radical (unpaired) electrons. The molecule has 0 fully saturated rings. The number of fused-ring (bicyclic) bond motifs is 1. The molecule has 0 aliphatic rings. The largest absolute Gasteiger partial charge is 0.694 e. The summed E-state index contributed by atoms with van der Waals surface area (Å²) in [6.07, 6.45) is 2.11. The molecule has 1 aromatic heterocycles. The molecule has 1 N–H and O–H groups in total. The van der Waals surface area contributed by atoms with Gasteiger partial charge in [-0.2, -0.15) is 5.26 Å². The predicted octanol–water partition coefficient (Wildman–Crippen LogP) is 2.32. The molecule has 18 heavy (non-hydrogen) atoms. The Balaban J connectivity index is 2.26. The first-order valence-electron chi connectivity index (χ1n) is 5.27. The fourth-order valence-corrected chi connectivity index (χ4v) is 1.95. The molecule has 0 bridgehead atoms. The van der Waals surface area contributed by atoms with E-state index < -0.39 is 8.25 Å². The third-order valence-corrected chi connectivity index (χ3v) is 2.93. The first kappa shape index (κ1) is 12.6. The smallest absolute Gasteiger partial charge is 0.245 e. The highest BCUT2D eigenvalue weighted by Gasteiger charge is 2.11. The van der Waals surface area contributed by atoms with Crippen LogP contribution in [0, 0.1) is 11.3 Å². The molecule has 1 unspecified atom stereocenters. The fourth-order valence-electron chi connectivity index (χ4n) is 1.70. The third-order valence-electron chi connectivity index (χ3n) is 2.53. The van der Waals surface area contributed by atoms with E-state index in [4.69, 9.17) is 10.2 Å². The molecule has 2 rings (SSSR count). The standard InChI is InChI=1S/C12H9N2O3P/c13-8-12-11-7-9(4-6-17-18(15)16)1-2-10(11)3-5-14-12/h1-3,5,7H,4,6H2/p+1. The maximum absolute atomic E-state index is 10.4. The van der Waals surface area contributed by atoms with Crippen molar-refractivity contribution in [2.45, 2.75) is 6.42 Å². The van der Waals surface area contributed by atoms with Crippen LogP contribution in [0.1, 0.15) is 11.3 Å². The van der Waals surface area contributed by atoms with Crippen molar-refractivity contribution in [2.24, 2.45) is 0 Å². The van der Waals surface area contributed by atoms with Crippen molar-refractivity contribution in [3.05, 3.63) is 41.7 Å². The van der Waals surface area contributed by atoms with Crippen LogP contribution in [0.2, 0.25) is 0 Å². The first-order valence-corrected chi connectivity index (χ1v) is 6.40. The van der Waals surface area contributed by atoms with Gasteiger partial charge in [0, 0.05) is 22.6 Å². The van der Waals surface area contributed by atoms with Crippen molar-refractivity contribution in [1.29, 1.82) is 5.26 Å².